The highest BCUT2D eigenvalue weighted by Crippen LogP contribution is 2.20. The lowest BCUT2D eigenvalue weighted by Crippen LogP contribution is -2.33. The molecule has 0 bridgehead atoms. The molecule has 0 spiro atoms. The first-order valence-electron chi connectivity index (χ1n) is 8.65. The Balaban J connectivity index is 1.79. The first-order valence-corrected chi connectivity index (χ1v) is 8.65. The Morgan fingerprint density at radius 2 is 1.42 bits per heavy atom. The minimum absolute atomic E-state index is 0.0616. The second kappa shape index (κ2) is 6.38. The van der Waals surface area contributed by atoms with Crippen LogP contribution in [0.2, 0.25) is 0 Å². The summed E-state index contributed by atoms with van der Waals surface area (Å²) in [5.41, 5.74) is 1.84. The van der Waals surface area contributed by atoms with Gasteiger partial charge in [0.2, 0.25) is 0 Å². The highest BCUT2D eigenvalue weighted by molar-refractivity contribution is 5.93. The van der Waals surface area contributed by atoms with E-state index in [1.807, 2.05) is 48.5 Å². The number of aliphatic hydroxyl groups excluding tert-OH is 1. The van der Waals surface area contributed by atoms with Crippen molar-refractivity contribution < 1.29 is 5.11 Å². The van der Waals surface area contributed by atoms with Crippen molar-refractivity contribution in [2.24, 2.45) is 0 Å². The number of nitrogens with zero attached hydrogens (tertiary/aromatic N) is 2. The Kier molecular flexibility index (Phi) is 4.08. The molecule has 4 nitrogen and oxygen atoms in total. The van der Waals surface area contributed by atoms with Crippen LogP contribution in [0.25, 0.3) is 21.8 Å². The predicted octanol–water partition coefficient (Wildman–Crippen LogP) is 2.61. The summed E-state index contributed by atoms with van der Waals surface area (Å²) in [5, 5.41) is 12.0. The van der Waals surface area contributed by atoms with Crippen molar-refractivity contribution in [3.63, 3.8) is 0 Å². The molecule has 1 aromatic heterocycles. The number of pyridine rings is 1. The molecule has 0 amide bonds. The maximum absolute atomic E-state index is 12.7. The van der Waals surface area contributed by atoms with Crippen molar-refractivity contribution in [3.8, 4) is 0 Å². The van der Waals surface area contributed by atoms with Gasteiger partial charge in [0.25, 0.3) is 0 Å². The summed E-state index contributed by atoms with van der Waals surface area (Å²) in [6.45, 7) is 3.33. The molecule has 1 saturated heterocycles. The number of fused-ring (bicyclic) bond motifs is 2. The second-order valence-electron chi connectivity index (χ2n) is 6.64. The Labute approximate surface area is 140 Å². The van der Waals surface area contributed by atoms with E-state index in [1.165, 1.54) is 12.8 Å². The molecule has 124 valence electrons. The fraction of sp³-hybridized carbons (Fsp3) is 0.350. The van der Waals surface area contributed by atoms with Gasteiger partial charge in [0.15, 0.2) is 5.43 Å². The Morgan fingerprint density at radius 3 is 2.00 bits per heavy atom. The molecule has 24 heavy (non-hydrogen) atoms. The Morgan fingerprint density at radius 1 is 0.875 bits per heavy atom. The summed E-state index contributed by atoms with van der Waals surface area (Å²) in [7, 11) is 0. The zero-order chi connectivity index (χ0) is 16.5. The summed E-state index contributed by atoms with van der Waals surface area (Å²) in [5.74, 6) is 0. The highest BCUT2D eigenvalue weighted by atomic mass is 16.3. The molecule has 1 atom stereocenters. The minimum atomic E-state index is -0.447. The van der Waals surface area contributed by atoms with E-state index in [1.54, 1.807) is 0 Å². The third kappa shape index (κ3) is 2.72. The van der Waals surface area contributed by atoms with Gasteiger partial charge in [-0.2, -0.15) is 0 Å². The van der Waals surface area contributed by atoms with Gasteiger partial charge in [-0.25, -0.2) is 0 Å². The average molecular weight is 322 g/mol. The number of rotatable bonds is 4. The molecular formula is C20H22N2O2. The highest BCUT2D eigenvalue weighted by Gasteiger charge is 2.18. The van der Waals surface area contributed by atoms with E-state index in [9.17, 15) is 9.90 Å². The molecule has 2 aromatic carbocycles. The normalized spacial score (nSPS) is 16.9. The Bertz CT molecular complexity index is 866. The molecule has 0 saturated carbocycles. The van der Waals surface area contributed by atoms with Crippen LogP contribution in [0.3, 0.4) is 0 Å². The number of hydrogen-bond acceptors (Lipinski definition) is 3. The van der Waals surface area contributed by atoms with Gasteiger partial charge in [0.05, 0.1) is 23.7 Å². The number of benzene rings is 2. The van der Waals surface area contributed by atoms with Crippen LogP contribution in [0.4, 0.5) is 0 Å². The lowest BCUT2D eigenvalue weighted by Gasteiger charge is -2.22. The van der Waals surface area contributed by atoms with E-state index in [0.29, 0.717) is 23.9 Å². The molecule has 1 unspecified atom stereocenters. The van der Waals surface area contributed by atoms with Gasteiger partial charge in [0, 0.05) is 17.3 Å². The quantitative estimate of drug-likeness (QED) is 0.751. The van der Waals surface area contributed by atoms with Crippen LogP contribution >= 0.6 is 0 Å². The minimum Gasteiger partial charge on any atom is -0.390 e. The number of hydrogen-bond donors (Lipinski definition) is 1. The second-order valence-corrected chi connectivity index (χ2v) is 6.64. The number of para-hydroxylation sites is 2. The molecule has 2 heterocycles. The zero-order valence-corrected chi connectivity index (χ0v) is 13.7. The van der Waals surface area contributed by atoms with Crippen molar-refractivity contribution in [1.82, 2.24) is 9.47 Å². The standard InChI is InChI=1S/C20H22N2O2/c23-15(13-21-11-5-6-12-21)14-22-18-9-3-1-7-16(18)20(24)17-8-2-4-10-19(17)22/h1-4,7-10,15,23H,5-6,11-14H2. The van der Waals surface area contributed by atoms with Gasteiger partial charge in [-0.1, -0.05) is 24.3 Å². The van der Waals surface area contributed by atoms with Gasteiger partial charge in [-0.05, 0) is 50.2 Å². The van der Waals surface area contributed by atoms with Crippen LogP contribution in [-0.2, 0) is 6.54 Å². The monoisotopic (exact) mass is 322 g/mol. The third-order valence-corrected chi connectivity index (χ3v) is 4.94. The summed E-state index contributed by atoms with van der Waals surface area (Å²) in [4.78, 5) is 15.0. The molecule has 1 aliphatic rings. The first kappa shape index (κ1) is 15.4. The summed E-state index contributed by atoms with van der Waals surface area (Å²) in [6, 6.07) is 15.3. The van der Waals surface area contributed by atoms with E-state index in [-0.39, 0.29) is 5.43 Å². The van der Waals surface area contributed by atoms with Gasteiger partial charge < -0.3 is 14.6 Å². The van der Waals surface area contributed by atoms with Crippen molar-refractivity contribution >= 4 is 21.8 Å². The van der Waals surface area contributed by atoms with Crippen LogP contribution in [0.5, 0.6) is 0 Å². The Hall–Kier alpha value is -2.17. The summed E-state index contributed by atoms with van der Waals surface area (Å²) in [6.07, 6.45) is 1.99. The van der Waals surface area contributed by atoms with Crippen LogP contribution < -0.4 is 5.43 Å². The van der Waals surface area contributed by atoms with Crippen molar-refractivity contribution in [2.75, 3.05) is 19.6 Å². The smallest absolute Gasteiger partial charge is 0.197 e. The van der Waals surface area contributed by atoms with E-state index < -0.39 is 6.10 Å². The first-order chi connectivity index (χ1) is 11.7. The molecular weight excluding hydrogens is 300 g/mol. The molecule has 3 aromatic rings. The summed E-state index contributed by atoms with van der Waals surface area (Å²) < 4.78 is 2.09. The SMILES string of the molecule is O=c1c2ccccc2n(CC(O)CN2CCCC2)c2ccccc12. The van der Waals surface area contributed by atoms with Crippen LogP contribution in [-0.4, -0.2) is 40.3 Å². The van der Waals surface area contributed by atoms with Crippen molar-refractivity contribution in [1.29, 1.82) is 0 Å². The van der Waals surface area contributed by atoms with E-state index in [2.05, 4.69) is 9.47 Å². The topological polar surface area (TPSA) is 45.5 Å². The predicted molar refractivity (Wildman–Crippen MR) is 97.4 cm³/mol. The lowest BCUT2D eigenvalue weighted by molar-refractivity contribution is 0.111. The lowest BCUT2D eigenvalue weighted by atomic mass is 10.1. The summed E-state index contributed by atoms with van der Waals surface area (Å²) >= 11 is 0. The fourth-order valence-electron chi connectivity index (χ4n) is 3.81. The molecule has 0 aliphatic carbocycles. The van der Waals surface area contributed by atoms with E-state index >= 15 is 0 Å². The van der Waals surface area contributed by atoms with E-state index in [0.717, 1.165) is 24.1 Å². The maximum Gasteiger partial charge on any atom is 0.197 e. The average Bonchev–Trinajstić information content (AvgIpc) is 3.11. The zero-order valence-electron chi connectivity index (χ0n) is 13.7. The number of aromatic nitrogens is 1. The van der Waals surface area contributed by atoms with Gasteiger partial charge in [-0.15, -0.1) is 0 Å². The van der Waals surface area contributed by atoms with Crippen molar-refractivity contribution in [2.45, 2.75) is 25.5 Å². The number of aliphatic hydroxyl groups is 1. The van der Waals surface area contributed by atoms with Gasteiger partial charge in [-0.3, -0.25) is 4.79 Å². The molecule has 1 N–H and O–H groups in total. The van der Waals surface area contributed by atoms with Gasteiger partial charge in [0.1, 0.15) is 0 Å². The number of likely N-dealkylation sites (tertiary alicyclic amines) is 1. The van der Waals surface area contributed by atoms with Gasteiger partial charge >= 0.3 is 0 Å². The van der Waals surface area contributed by atoms with Crippen LogP contribution in [0.15, 0.2) is 53.3 Å². The molecule has 1 fully saturated rings. The molecule has 4 rings (SSSR count). The fourth-order valence-corrected chi connectivity index (χ4v) is 3.81. The number of β-amino-alcohol motifs (C(OH)–C–C–N with tert-alkyl or cyclic N) is 1. The van der Waals surface area contributed by atoms with Crippen LogP contribution in [0, 0.1) is 0 Å². The van der Waals surface area contributed by atoms with E-state index in [4.69, 9.17) is 0 Å². The molecule has 0 radical (unpaired) electrons. The van der Waals surface area contributed by atoms with Crippen LogP contribution in [0.1, 0.15) is 12.8 Å². The third-order valence-electron chi connectivity index (χ3n) is 4.94. The van der Waals surface area contributed by atoms with Crippen molar-refractivity contribution in [3.05, 3.63) is 58.8 Å². The maximum atomic E-state index is 12.7. The largest absolute Gasteiger partial charge is 0.390 e. The molecule has 4 heteroatoms. The molecule has 1 aliphatic heterocycles.